The smallest absolute Gasteiger partial charge is 0.255 e. The second-order valence-corrected chi connectivity index (χ2v) is 9.53. The number of hydrogen-bond donors (Lipinski definition) is 2. The number of rotatable bonds is 7. The minimum Gasteiger partial charge on any atom is -0.351 e. The summed E-state index contributed by atoms with van der Waals surface area (Å²) in [5.41, 5.74) is 3.10. The third-order valence-electron chi connectivity index (χ3n) is 6.93. The van der Waals surface area contributed by atoms with Crippen LogP contribution in [0.5, 0.6) is 0 Å². The summed E-state index contributed by atoms with van der Waals surface area (Å²) in [6.07, 6.45) is 10.9. The van der Waals surface area contributed by atoms with Crippen molar-refractivity contribution in [1.29, 1.82) is 0 Å². The molecule has 0 radical (unpaired) electrons. The first kappa shape index (κ1) is 24.3. The van der Waals surface area contributed by atoms with E-state index in [9.17, 15) is 13.6 Å². The van der Waals surface area contributed by atoms with Crippen LogP contribution >= 0.6 is 0 Å². The van der Waals surface area contributed by atoms with E-state index in [4.69, 9.17) is 4.98 Å². The molecule has 3 heterocycles. The van der Waals surface area contributed by atoms with Crippen LogP contribution in [0.1, 0.15) is 72.1 Å². The first-order valence-corrected chi connectivity index (χ1v) is 12.5. The maximum atomic E-state index is 15.0. The lowest BCUT2D eigenvalue weighted by Crippen LogP contribution is -2.34. The summed E-state index contributed by atoms with van der Waals surface area (Å²) in [4.78, 5) is 21.6. The van der Waals surface area contributed by atoms with Crippen LogP contribution in [0.25, 0.3) is 11.1 Å². The Morgan fingerprint density at radius 3 is 2.81 bits per heavy atom. The molecule has 10 heteroatoms. The van der Waals surface area contributed by atoms with E-state index in [1.807, 2.05) is 12.1 Å². The maximum absolute atomic E-state index is 15.0. The Bertz CT molecular complexity index is 1280. The highest BCUT2D eigenvalue weighted by Crippen LogP contribution is 2.33. The Balaban J connectivity index is 1.40. The standard InChI is InChI=1S/C26H29F3N6O/c27-23(28)15-30-24(36)20-14-33-35-11-8-17(12-22(20)35)18-6-2-3-7-21-19(18)13-31-25(34-21)32-16-26(29)9-4-1-5-10-26/h6,8,11-14,23H,1-5,7,9-10,15-16H2,(H,30,36)(H,31,32,34). The van der Waals surface area contributed by atoms with E-state index >= 15 is 4.39 Å². The van der Waals surface area contributed by atoms with Gasteiger partial charge >= 0.3 is 0 Å². The molecule has 2 N–H and O–H groups in total. The van der Waals surface area contributed by atoms with Crippen molar-refractivity contribution in [3.63, 3.8) is 0 Å². The fourth-order valence-electron chi connectivity index (χ4n) is 5.00. The number of allylic oxidation sites excluding steroid dienone is 1. The van der Waals surface area contributed by atoms with Crippen molar-refractivity contribution in [2.75, 3.05) is 18.4 Å². The Labute approximate surface area is 207 Å². The summed E-state index contributed by atoms with van der Waals surface area (Å²) in [6.45, 7) is -0.506. The lowest BCUT2D eigenvalue weighted by Gasteiger charge is -2.29. The number of aryl methyl sites for hydroxylation is 1. The van der Waals surface area contributed by atoms with E-state index in [0.717, 1.165) is 60.9 Å². The predicted octanol–water partition coefficient (Wildman–Crippen LogP) is 4.97. The molecule has 0 unspecified atom stereocenters. The minimum absolute atomic E-state index is 0.211. The topological polar surface area (TPSA) is 84.2 Å². The van der Waals surface area contributed by atoms with Gasteiger partial charge in [0, 0.05) is 18.0 Å². The fraction of sp³-hybridized carbons (Fsp3) is 0.462. The van der Waals surface area contributed by atoms with Gasteiger partial charge in [0.05, 0.1) is 36.1 Å². The van der Waals surface area contributed by atoms with Gasteiger partial charge in [0.1, 0.15) is 5.67 Å². The number of amides is 1. The molecular formula is C26H29F3N6O. The Morgan fingerprint density at radius 2 is 2.00 bits per heavy atom. The van der Waals surface area contributed by atoms with Gasteiger partial charge in [-0.3, -0.25) is 4.79 Å². The Hall–Kier alpha value is -3.43. The van der Waals surface area contributed by atoms with E-state index in [1.165, 1.54) is 6.20 Å². The first-order valence-electron chi connectivity index (χ1n) is 12.5. The van der Waals surface area contributed by atoms with Crippen molar-refractivity contribution >= 4 is 22.9 Å². The zero-order chi connectivity index (χ0) is 25.1. The van der Waals surface area contributed by atoms with Gasteiger partial charge in [-0.1, -0.05) is 25.3 Å². The number of alkyl halides is 3. The number of nitrogens with zero attached hydrogens (tertiary/aromatic N) is 4. The van der Waals surface area contributed by atoms with Crippen molar-refractivity contribution in [2.45, 2.75) is 63.5 Å². The molecule has 0 atom stereocenters. The highest BCUT2D eigenvalue weighted by molar-refractivity contribution is 6.01. The molecular weight excluding hydrogens is 469 g/mol. The molecule has 1 fully saturated rings. The molecule has 1 saturated carbocycles. The monoisotopic (exact) mass is 498 g/mol. The summed E-state index contributed by atoms with van der Waals surface area (Å²) < 4.78 is 41.7. The molecule has 1 amide bonds. The quantitative estimate of drug-likeness (QED) is 0.481. The number of pyridine rings is 1. The molecule has 190 valence electrons. The van der Waals surface area contributed by atoms with Crippen molar-refractivity contribution in [3.05, 3.63) is 59.2 Å². The van der Waals surface area contributed by atoms with E-state index < -0.39 is 24.5 Å². The molecule has 3 aromatic heterocycles. The second-order valence-electron chi connectivity index (χ2n) is 9.53. The maximum Gasteiger partial charge on any atom is 0.255 e. The van der Waals surface area contributed by atoms with Crippen LogP contribution < -0.4 is 10.6 Å². The molecule has 5 rings (SSSR count). The number of hydrogen-bond acceptors (Lipinski definition) is 5. The summed E-state index contributed by atoms with van der Waals surface area (Å²) in [5, 5.41) is 9.53. The highest BCUT2D eigenvalue weighted by Gasteiger charge is 2.31. The number of nitrogens with one attached hydrogen (secondary N) is 2. The second kappa shape index (κ2) is 10.3. The predicted molar refractivity (Wildman–Crippen MR) is 131 cm³/mol. The van der Waals surface area contributed by atoms with Crippen LogP contribution in [0.3, 0.4) is 0 Å². The zero-order valence-corrected chi connectivity index (χ0v) is 19.9. The van der Waals surface area contributed by atoms with Gasteiger partial charge in [-0.15, -0.1) is 0 Å². The van der Waals surface area contributed by atoms with Gasteiger partial charge < -0.3 is 10.6 Å². The number of aromatic nitrogens is 4. The van der Waals surface area contributed by atoms with Gasteiger partial charge in [-0.05, 0) is 55.4 Å². The number of carbonyl (C=O) groups excluding carboxylic acids is 1. The molecule has 7 nitrogen and oxygen atoms in total. The zero-order valence-electron chi connectivity index (χ0n) is 19.9. The lowest BCUT2D eigenvalue weighted by molar-refractivity contribution is 0.0893. The van der Waals surface area contributed by atoms with Crippen molar-refractivity contribution < 1.29 is 18.0 Å². The summed E-state index contributed by atoms with van der Waals surface area (Å²) >= 11 is 0. The third-order valence-corrected chi connectivity index (χ3v) is 6.93. The van der Waals surface area contributed by atoms with Crippen LogP contribution in [-0.2, 0) is 6.42 Å². The van der Waals surface area contributed by atoms with E-state index in [1.54, 1.807) is 16.9 Å². The van der Waals surface area contributed by atoms with Crippen LogP contribution in [-0.4, -0.2) is 50.7 Å². The molecule has 0 aromatic carbocycles. The normalized spacial score (nSPS) is 17.4. The number of halogens is 3. The molecule has 0 saturated heterocycles. The molecule has 2 aliphatic rings. The van der Waals surface area contributed by atoms with Crippen LogP contribution in [0.2, 0.25) is 0 Å². The average Bonchev–Trinajstić information content (AvgIpc) is 3.19. The first-order chi connectivity index (χ1) is 17.4. The van der Waals surface area contributed by atoms with Gasteiger partial charge in [-0.25, -0.2) is 27.7 Å². The van der Waals surface area contributed by atoms with Gasteiger partial charge in [0.25, 0.3) is 12.3 Å². The van der Waals surface area contributed by atoms with Crippen LogP contribution in [0, 0.1) is 0 Å². The average molecular weight is 499 g/mol. The molecule has 0 bridgehead atoms. The SMILES string of the molecule is O=C(NCC(F)F)c1cnn2ccc(C3=CCCCc4nc(NCC5(F)CCCCC5)ncc43)cc12. The highest BCUT2D eigenvalue weighted by atomic mass is 19.3. The fourth-order valence-corrected chi connectivity index (χ4v) is 5.00. The Morgan fingerprint density at radius 1 is 1.17 bits per heavy atom. The molecule has 0 spiro atoms. The van der Waals surface area contributed by atoms with Gasteiger partial charge in [0.15, 0.2) is 0 Å². The largest absolute Gasteiger partial charge is 0.351 e. The molecule has 2 aliphatic carbocycles. The number of anilines is 1. The van der Waals surface area contributed by atoms with Gasteiger partial charge in [-0.2, -0.15) is 5.10 Å². The van der Waals surface area contributed by atoms with Crippen molar-refractivity contribution in [1.82, 2.24) is 24.9 Å². The summed E-state index contributed by atoms with van der Waals surface area (Å²) in [6, 6.07) is 3.72. The number of fused-ring (bicyclic) bond motifs is 2. The van der Waals surface area contributed by atoms with Crippen molar-refractivity contribution in [3.8, 4) is 0 Å². The summed E-state index contributed by atoms with van der Waals surface area (Å²) in [7, 11) is 0. The van der Waals surface area contributed by atoms with Crippen LogP contribution in [0.4, 0.5) is 19.1 Å². The Kier molecular flexibility index (Phi) is 6.93. The number of carbonyl (C=O) groups is 1. The molecule has 36 heavy (non-hydrogen) atoms. The van der Waals surface area contributed by atoms with E-state index in [0.29, 0.717) is 24.3 Å². The summed E-state index contributed by atoms with van der Waals surface area (Å²) in [5.74, 6) is -0.165. The third kappa shape index (κ3) is 5.22. The van der Waals surface area contributed by atoms with Crippen molar-refractivity contribution in [2.24, 2.45) is 0 Å². The molecule has 0 aliphatic heterocycles. The lowest BCUT2D eigenvalue weighted by atomic mass is 9.86. The van der Waals surface area contributed by atoms with E-state index in [-0.39, 0.29) is 12.1 Å². The minimum atomic E-state index is -2.63. The van der Waals surface area contributed by atoms with Gasteiger partial charge in [0.2, 0.25) is 5.95 Å². The molecule has 3 aromatic rings. The van der Waals surface area contributed by atoms with Crippen LogP contribution in [0.15, 0.2) is 36.8 Å². The van der Waals surface area contributed by atoms with E-state index in [2.05, 4.69) is 26.8 Å².